The molecule has 1 N–H and O–H groups in total. The quantitative estimate of drug-likeness (QED) is 0.471. The van der Waals surface area contributed by atoms with Gasteiger partial charge in [-0.25, -0.2) is 0 Å². The fraction of sp³-hybridized carbons (Fsp3) is 0.385. The van der Waals surface area contributed by atoms with Crippen LogP contribution in [0.15, 0.2) is 60.7 Å². The van der Waals surface area contributed by atoms with Crippen LogP contribution in [0.1, 0.15) is 56.1 Å². The van der Waals surface area contributed by atoms with Gasteiger partial charge in [0.15, 0.2) is 0 Å². The molecule has 0 spiro atoms. The molecule has 3 nitrogen and oxygen atoms in total. The molecule has 152 valence electrons. The Morgan fingerprint density at radius 2 is 1.62 bits per heavy atom. The van der Waals surface area contributed by atoms with Crippen LogP contribution in [0, 0.1) is 0 Å². The Balaban J connectivity index is 1.35. The maximum absolute atomic E-state index is 10.2. The summed E-state index contributed by atoms with van der Waals surface area (Å²) in [4.78, 5) is 6.12. The van der Waals surface area contributed by atoms with Crippen molar-refractivity contribution in [1.29, 1.82) is 0 Å². The summed E-state index contributed by atoms with van der Waals surface area (Å²) in [5.41, 5.74) is 2.73. The van der Waals surface area contributed by atoms with Crippen molar-refractivity contribution in [3.63, 3.8) is 0 Å². The lowest BCUT2D eigenvalue weighted by atomic mass is 9.86. The molecule has 3 aromatic rings. The minimum atomic E-state index is 0.364. The molecule has 3 heteroatoms. The molecule has 0 amide bonds. The molecule has 1 fully saturated rings. The van der Waals surface area contributed by atoms with Gasteiger partial charge < -0.3 is 9.94 Å². The first-order valence-corrected chi connectivity index (χ1v) is 11.0. The second kappa shape index (κ2) is 9.32. The highest BCUT2D eigenvalue weighted by atomic mass is 16.7. The number of hydroxylamine groups is 2. The molecule has 0 atom stereocenters. The zero-order valence-electron chi connectivity index (χ0n) is 17.3. The highest BCUT2D eigenvalue weighted by Crippen LogP contribution is 2.36. The predicted molar refractivity (Wildman–Crippen MR) is 119 cm³/mol. The highest BCUT2D eigenvalue weighted by molar-refractivity contribution is 5.91. The molecular formula is C26H31NO2. The molecule has 0 radical (unpaired) electrons. The zero-order valence-corrected chi connectivity index (χ0v) is 17.3. The van der Waals surface area contributed by atoms with E-state index in [2.05, 4.69) is 54.5 Å². The summed E-state index contributed by atoms with van der Waals surface area (Å²) in [6, 6.07) is 20.7. The van der Waals surface area contributed by atoms with E-state index in [4.69, 9.17) is 4.84 Å². The highest BCUT2D eigenvalue weighted by Gasteiger charge is 2.23. The van der Waals surface area contributed by atoms with E-state index in [-0.39, 0.29) is 0 Å². The van der Waals surface area contributed by atoms with Crippen molar-refractivity contribution in [1.82, 2.24) is 5.06 Å². The van der Waals surface area contributed by atoms with Gasteiger partial charge in [-0.15, -0.1) is 5.06 Å². The topological polar surface area (TPSA) is 32.7 Å². The van der Waals surface area contributed by atoms with Gasteiger partial charge in [-0.1, -0.05) is 62.2 Å². The lowest BCUT2D eigenvalue weighted by molar-refractivity contribution is -0.0755. The Hall–Kier alpha value is -2.52. The molecule has 29 heavy (non-hydrogen) atoms. The van der Waals surface area contributed by atoms with Crippen molar-refractivity contribution < 1.29 is 9.94 Å². The van der Waals surface area contributed by atoms with Gasteiger partial charge >= 0.3 is 0 Å². The van der Waals surface area contributed by atoms with Gasteiger partial charge in [0, 0.05) is 18.5 Å². The number of aromatic hydroxyl groups is 1. The predicted octanol–water partition coefficient (Wildman–Crippen LogP) is 6.45. The Morgan fingerprint density at radius 3 is 2.34 bits per heavy atom. The molecule has 1 aliphatic rings. The Bertz CT molecular complexity index is 927. The van der Waals surface area contributed by atoms with E-state index in [1.807, 2.05) is 18.2 Å². The fourth-order valence-corrected chi connectivity index (χ4v) is 4.37. The minimum absolute atomic E-state index is 0.364. The summed E-state index contributed by atoms with van der Waals surface area (Å²) in [6.45, 7) is 4.07. The number of unbranched alkanes of at least 4 members (excludes halogenated alkanes) is 2. The first kappa shape index (κ1) is 19.8. The van der Waals surface area contributed by atoms with Crippen molar-refractivity contribution in [3.8, 4) is 11.5 Å². The third kappa shape index (κ3) is 4.73. The number of phenols is 1. The van der Waals surface area contributed by atoms with Crippen LogP contribution < -0.4 is 4.84 Å². The van der Waals surface area contributed by atoms with E-state index in [1.165, 1.54) is 35.8 Å². The van der Waals surface area contributed by atoms with E-state index in [0.717, 1.165) is 43.5 Å². The normalized spacial score (nSPS) is 15.6. The smallest absolute Gasteiger partial charge is 0.147 e. The van der Waals surface area contributed by atoms with Crippen molar-refractivity contribution in [2.45, 2.75) is 51.4 Å². The van der Waals surface area contributed by atoms with E-state index in [1.54, 1.807) is 0 Å². The van der Waals surface area contributed by atoms with Gasteiger partial charge in [-0.2, -0.15) is 0 Å². The molecule has 3 aromatic carbocycles. The van der Waals surface area contributed by atoms with Gasteiger partial charge in [0.2, 0.25) is 0 Å². The number of fused-ring (bicyclic) bond motifs is 1. The van der Waals surface area contributed by atoms with Crippen LogP contribution in [0.4, 0.5) is 0 Å². The van der Waals surface area contributed by atoms with Crippen LogP contribution in [0.2, 0.25) is 0 Å². The number of piperidine rings is 1. The molecule has 1 aliphatic heterocycles. The van der Waals surface area contributed by atoms with E-state index in [9.17, 15) is 5.11 Å². The van der Waals surface area contributed by atoms with Crippen molar-refractivity contribution in [2.75, 3.05) is 13.1 Å². The number of nitrogens with zero attached hydrogens (tertiary/aromatic N) is 1. The molecule has 4 rings (SSSR count). The summed E-state index contributed by atoms with van der Waals surface area (Å²) >= 11 is 0. The van der Waals surface area contributed by atoms with E-state index >= 15 is 0 Å². The van der Waals surface area contributed by atoms with E-state index < -0.39 is 0 Å². The number of phenolic OH excluding ortho intramolecular Hbond substituents is 1. The van der Waals surface area contributed by atoms with Crippen molar-refractivity contribution in [3.05, 3.63) is 71.8 Å². The Labute approximate surface area is 173 Å². The largest absolute Gasteiger partial charge is 0.507 e. The van der Waals surface area contributed by atoms with Crippen molar-refractivity contribution >= 4 is 10.8 Å². The number of rotatable bonds is 7. The number of hydrogen-bond donors (Lipinski definition) is 1. The molecule has 0 aliphatic carbocycles. The summed E-state index contributed by atoms with van der Waals surface area (Å²) in [5.74, 6) is 1.79. The lowest BCUT2D eigenvalue weighted by Crippen LogP contribution is -2.35. The van der Waals surface area contributed by atoms with Gasteiger partial charge in [0.25, 0.3) is 0 Å². The van der Waals surface area contributed by atoms with Crippen LogP contribution in [-0.2, 0) is 6.42 Å². The van der Waals surface area contributed by atoms with Crippen LogP contribution in [-0.4, -0.2) is 23.3 Å². The average Bonchev–Trinajstić information content (AvgIpc) is 2.76. The maximum Gasteiger partial charge on any atom is 0.147 e. The van der Waals surface area contributed by atoms with Gasteiger partial charge in [-0.3, -0.25) is 0 Å². The second-order valence-corrected chi connectivity index (χ2v) is 8.12. The van der Waals surface area contributed by atoms with Crippen LogP contribution in [0.3, 0.4) is 0 Å². The van der Waals surface area contributed by atoms with Gasteiger partial charge in [0.1, 0.15) is 11.5 Å². The van der Waals surface area contributed by atoms with Crippen LogP contribution >= 0.6 is 0 Å². The standard InChI is InChI=1S/C26H31NO2/c1-2-3-4-7-20-10-12-22(13-11-20)29-27-18-16-21(17-19-27)23-14-15-26(28)25-9-6-5-8-24(23)25/h5-6,8-15,21,28H,2-4,7,16-19H2,1H3. The van der Waals surface area contributed by atoms with Crippen molar-refractivity contribution in [2.24, 2.45) is 0 Å². The minimum Gasteiger partial charge on any atom is -0.507 e. The first-order valence-electron chi connectivity index (χ1n) is 11.0. The first-order chi connectivity index (χ1) is 14.2. The molecule has 0 saturated carbocycles. The molecule has 1 saturated heterocycles. The molecule has 0 bridgehead atoms. The summed E-state index contributed by atoms with van der Waals surface area (Å²) in [6.07, 6.45) is 7.09. The fourth-order valence-electron chi connectivity index (χ4n) is 4.37. The number of benzene rings is 3. The maximum atomic E-state index is 10.2. The lowest BCUT2D eigenvalue weighted by Gasteiger charge is -2.32. The van der Waals surface area contributed by atoms with Gasteiger partial charge in [-0.05, 0) is 66.3 Å². The summed E-state index contributed by atoms with van der Waals surface area (Å²) in [7, 11) is 0. The third-order valence-electron chi connectivity index (χ3n) is 6.06. The van der Waals surface area contributed by atoms with Crippen LogP contribution in [0.25, 0.3) is 10.8 Å². The second-order valence-electron chi connectivity index (χ2n) is 8.12. The number of hydrogen-bond acceptors (Lipinski definition) is 3. The Kier molecular flexibility index (Phi) is 6.36. The third-order valence-corrected chi connectivity index (χ3v) is 6.06. The molecular weight excluding hydrogens is 358 g/mol. The Morgan fingerprint density at radius 1 is 0.897 bits per heavy atom. The molecule has 0 aromatic heterocycles. The monoisotopic (exact) mass is 389 g/mol. The molecule has 1 heterocycles. The summed E-state index contributed by atoms with van der Waals surface area (Å²) < 4.78 is 0. The SMILES string of the molecule is CCCCCc1ccc(ON2CCC(c3ccc(O)c4ccccc34)CC2)cc1. The number of aryl methyl sites for hydroxylation is 1. The average molecular weight is 390 g/mol. The van der Waals surface area contributed by atoms with Gasteiger partial charge in [0.05, 0.1) is 0 Å². The zero-order chi connectivity index (χ0) is 20.1. The summed E-state index contributed by atoms with van der Waals surface area (Å²) in [5, 5.41) is 14.4. The molecule has 0 unspecified atom stereocenters. The van der Waals surface area contributed by atoms with Crippen LogP contribution in [0.5, 0.6) is 11.5 Å². The van der Waals surface area contributed by atoms with E-state index in [0.29, 0.717) is 11.7 Å².